The number of carbonyl (C=O) groups excluding carboxylic acids is 1. The predicted octanol–water partition coefficient (Wildman–Crippen LogP) is 4.63. The minimum Gasteiger partial charge on any atom is -0.493 e. The maximum absolute atomic E-state index is 11.2. The summed E-state index contributed by atoms with van der Waals surface area (Å²) in [5, 5.41) is 4.74. The van der Waals surface area contributed by atoms with Crippen LogP contribution in [0.4, 0.5) is 0 Å². The molecule has 0 aromatic heterocycles. The summed E-state index contributed by atoms with van der Waals surface area (Å²) in [6, 6.07) is 8.61. The Labute approximate surface area is 156 Å². The third kappa shape index (κ3) is 4.24. The first-order chi connectivity index (χ1) is 11.9. The van der Waals surface area contributed by atoms with Crippen molar-refractivity contribution in [3.63, 3.8) is 0 Å². The van der Waals surface area contributed by atoms with Crippen LogP contribution < -0.4 is 9.47 Å². The van der Waals surface area contributed by atoms with Crippen LogP contribution in [0.15, 0.2) is 35.5 Å². The van der Waals surface area contributed by atoms with E-state index in [1.807, 2.05) is 6.92 Å². The highest BCUT2D eigenvalue weighted by Gasteiger charge is 2.20. The molecule has 0 saturated carbocycles. The number of benzene rings is 2. The van der Waals surface area contributed by atoms with Gasteiger partial charge >= 0.3 is 5.97 Å². The van der Waals surface area contributed by atoms with Gasteiger partial charge in [-0.15, -0.1) is 0 Å². The Balaban J connectivity index is 2.73. The first-order valence-electron chi connectivity index (χ1n) is 7.32. The van der Waals surface area contributed by atoms with Crippen LogP contribution >= 0.6 is 23.2 Å². The Hall–Kier alpha value is -2.24. The summed E-state index contributed by atoms with van der Waals surface area (Å²) in [4.78, 5) is 16.1. The predicted molar refractivity (Wildman–Crippen MR) is 98.2 cm³/mol. The van der Waals surface area contributed by atoms with E-state index in [4.69, 9.17) is 37.5 Å². The van der Waals surface area contributed by atoms with Gasteiger partial charge in [0.25, 0.3) is 0 Å². The fourth-order valence-corrected chi connectivity index (χ4v) is 2.88. The van der Waals surface area contributed by atoms with Crippen molar-refractivity contribution in [1.29, 1.82) is 0 Å². The number of nitrogens with zero attached hydrogens (tertiary/aromatic N) is 1. The Morgan fingerprint density at radius 3 is 2.12 bits per heavy atom. The lowest BCUT2D eigenvalue weighted by Gasteiger charge is -2.15. The largest absolute Gasteiger partial charge is 0.493 e. The normalized spacial score (nSPS) is 11.2. The van der Waals surface area contributed by atoms with E-state index in [2.05, 4.69) is 5.16 Å². The van der Waals surface area contributed by atoms with Gasteiger partial charge in [-0.2, -0.15) is 0 Å². The van der Waals surface area contributed by atoms with Crippen molar-refractivity contribution >= 4 is 34.9 Å². The number of oxime groups is 1. The van der Waals surface area contributed by atoms with E-state index < -0.39 is 5.97 Å². The van der Waals surface area contributed by atoms with Crippen LogP contribution in [0.2, 0.25) is 10.0 Å². The van der Waals surface area contributed by atoms with E-state index in [0.717, 1.165) is 5.56 Å². The summed E-state index contributed by atoms with van der Waals surface area (Å²) in [5.41, 5.74) is 2.25. The van der Waals surface area contributed by atoms with Gasteiger partial charge in [0.2, 0.25) is 0 Å². The molecule has 0 aliphatic rings. The molecule has 0 spiro atoms. The molecule has 0 atom stereocenters. The second kappa shape index (κ2) is 8.23. The molecule has 0 amide bonds. The molecule has 0 saturated heterocycles. The van der Waals surface area contributed by atoms with Crippen LogP contribution in [-0.4, -0.2) is 25.9 Å². The molecule has 0 aliphatic heterocycles. The molecule has 0 N–H and O–H groups in total. The number of aryl methyl sites for hydroxylation is 1. The fraction of sp³-hybridized carbons (Fsp3) is 0.222. The molecule has 0 fully saturated rings. The topological polar surface area (TPSA) is 57.1 Å². The summed E-state index contributed by atoms with van der Waals surface area (Å²) in [6.07, 6.45) is 0. The number of hydrogen-bond acceptors (Lipinski definition) is 5. The Morgan fingerprint density at radius 2 is 1.60 bits per heavy atom. The standard InChI is InChI=1S/C18H17Cl2NO4/c1-10-8-15(23-3)16(24-4)9-12(10)18(21-25-11(2)22)17-13(19)6-5-7-14(17)20/h5-9H,1-4H3. The van der Waals surface area contributed by atoms with Gasteiger partial charge in [0.1, 0.15) is 5.71 Å². The van der Waals surface area contributed by atoms with Gasteiger partial charge in [-0.1, -0.05) is 34.4 Å². The molecule has 0 unspecified atom stereocenters. The van der Waals surface area contributed by atoms with Gasteiger partial charge < -0.3 is 14.3 Å². The average Bonchev–Trinajstić information content (AvgIpc) is 2.57. The fourth-order valence-electron chi connectivity index (χ4n) is 2.30. The van der Waals surface area contributed by atoms with Crippen molar-refractivity contribution in [3.8, 4) is 11.5 Å². The summed E-state index contributed by atoms with van der Waals surface area (Å²) < 4.78 is 10.7. The Morgan fingerprint density at radius 1 is 1.04 bits per heavy atom. The minimum atomic E-state index is -0.557. The molecule has 0 aliphatic carbocycles. The van der Waals surface area contributed by atoms with Crippen LogP contribution in [0.5, 0.6) is 11.5 Å². The van der Waals surface area contributed by atoms with Crippen molar-refractivity contribution in [1.82, 2.24) is 0 Å². The second-order valence-electron chi connectivity index (χ2n) is 5.14. The summed E-state index contributed by atoms with van der Waals surface area (Å²) in [6.45, 7) is 3.13. The number of carbonyl (C=O) groups is 1. The van der Waals surface area contributed by atoms with Gasteiger partial charge in [-0.05, 0) is 36.8 Å². The van der Waals surface area contributed by atoms with E-state index in [-0.39, 0.29) is 0 Å². The average molecular weight is 382 g/mol. The van der Waals surface area contributed by atoms with E-state index in [0.29, 0.717) is 38.4 Å². The van der Waals surface area contributed by atoms with Crippen molar-refractivity contribution in [2.24, 2.45) is 5.16 Å². The third-order valence-electron chi connectivity index (χ3n) is 3.45. The molecule has 2 aromatic carbocycles. The monoisotopic (exact) mass is 381 g/mol. The summed E-state index contributed by atoms with van der Waals surface area (Å²) in [7, 11) is 3.08. The lowest BCUT2D eigenvalue weighted by atomic mass is 9.97. The third-order valence-corrected chi connectivity index (χ3v) is 4.08. The zero-order valence-corrected chi connectivity index (χ0v) is 15.7. The number of rotatable bonds is 5. The molecule has 25 heavy (non-hydrogen) atoms. The molecule has 0 radical (unpaired) electrons. The van der Waals surface area contributed by atoms with Gasteiger partial charge in [-0.3, -0.25) is 0 Å². The minimum absolute atomic E-state index is 0.323. The number of halogens is 2. The molecule has 2 aromatic rings. The molecule has 7 heteroatoms. The van der Waals surface area contributed by atoms with E-state index in [1.54, 1.807) is 37.4 Å². The number of hydrogen-bond donors (Lipinski definition) is 0. The Bertz CT molecular complexity index is 814. The number of methoxy groups -OCH3 is 2. The first kappa shape index (κ1) is 19.1. The SMILES string of the molecule is COc1cc(C)c(C(=NOC(C)=O)c2c(Cl)cccc2Cl)cc1OC. The highest BCUT2D eigenvalue weighted by atomic mass is 35.5. The van der Waals surface area contributed by atoms with Crippen molar-refractivity contribution < 1.29 is 19.1 Å². The molecule has 0 bridgehead atoms. The second-order valence-corrected chi connectivity index (χ2v) is 5.96. The quantitative estimate of drug-likeness (QED) is 0.430. The van der Waals surface area contributed by atoms with Crippen LogP contribution in [0.1, 0.15) is 23.6 Å². The van der Waals surface area contributed by atoms with Crippen LogP contribution in [0.3, 0.4) is 0 Å². The molecule has 0 heterocycles. The molecular formula is C18H17Cl2NO4. The van der Waals surface area contributed by atoms with E-state index >= 15 is 0 Å². The molecule has 5 nitrogen and oxygen atoms in total. The molecule has 2 rings (SSSR count). The van der Waals surface area contributed by atoms with E-state index in [1.165, 1.54) is 14.0 Å². The summed E-state index contributed by atoms with van der Waals surface area (Å²) in [5.74, 6) is 0.515. The highest BCUT2D eigenvalue weighted by molar-refractivity contribution is 6.41. The lowest BCUT2D eigenvalue weighted by molar-refractivity contribution is -0.140. The van der Waals surface area contributed by atoms with Crippen molar-refractivity contribution in [2.45, 2.75) is 13.8 Å². The van der Waals surface area contributed by atoms with Crippen LogP contribution in [0.25, 0.3) is 0 Å². The van der Waals surface area contributed by atoms with Crippen molar-refractivity contribution in [3.05, 3.63) is 57.1 Å². The zero-order chi connectivity index (χ0) is 18.6. The van der Waals surface area contributed by atoms with Crippen LogP contribution in [-0.2, 0) is 9.63 Å². The van der Waals surface area contributed by atoms with Gasteiger partial charge in [0, 0.05) is 18.1 Å². The van der Waals surface area contributed by atoms with Crippen molar-refractivity contribution in [2.75, 3.05) is 14.2 Å². The van der Waals surface area contributed by atoms with E-state index in [9.17, 15) is 4.79 Å². The zero-order valence-electron chi connectivity index (χ0n) is 14.2. The maximum Gasteiger partial charge on any atom is 0.332 e. The smallest absolute Gasteiger partial charge is 0.332 e. The lowest BCUT2D eigenvalue weighted by Crippen LogP contribution is -2.10. The van der Waals surface area contributed by atoms with Gasteiger partial charge in [-0.25, -0.2) is 4.79 Å². The summed E-state index contributed by atoms with van der Waals surface area (Å²) >= 11 is 12.6. The van der Waals surface area contributed by atoms with Gasteiger partial charge in [0.15, 0.2) is 11.5 Å². The van der Waals surface area contributed by atoms with Gasteiger partial charge in [0.05, 0.1) is 24.3 Å². The van der Waals surface area contributed by atoms with Crippen LogP contribution in [0, 0.1) is 6.92 Å². The Kier molecular flexibility index (Phi) is 6.28. The maximum atomic E-state index is 11.2. The molecule has 132 valence electrons. The first-order valence-corrected chi connectivity index (χ1v) is 8.07. The molecular weight excluding hydrogens is 365 g/mol. The highest BCUT2D eigenvalue weighted by Crippen LogP contribution is 2.34. The number of ether oxygens (including phenoxy) is 2.